The largest absolute Gasteiger partial charge is 0.357 e. The highest BCUT2D eigenvalue weighted by Crippen LogP contribution is 2.43. The van der Waals surface area contributed by atoms with E-state index in [1.54, 1.807) is 0 Å². The van der Waals surface area contributed by atoms with Gasteiger partial charge in [0.15, 0.2) is 0 Å². The molecule has 2 aromatic rings. The normalized spacial score (nSPS) is 18.3. The summed E-state index contributed by atoms with van der Waals surface area (Å²) in [7, 11) is 0. The zero-order chi connectivity index (χ0) is 10.5. The molecule has 1 aliphatic carbocycles. The summed E-state index contributed by atoms with van der Waals surface area (Å²) in [6.07, 6.45) is 3.30. The SMILES string of the molecule is CCc1cccc2[nH]c(C3(N)CC3)cc12. The van der Waals surface area contributed by atoms with Crippen LogP contribution in [0.5, 0.6) is 0 Å². The van der Waals surface area contributed by atoms with Gasteiger partial charge in [-0.2, -0.15) is 0 Å². The van der Waals surface area contributed by atoms with Crippen molar-refractivity contribution >= 4 is 10.9 Å². The summed E-state index contributed by atoms with van der Waals surface area (Å²) in [5.74, 6) is 0. The van der Waals surface area contributed by atoms with Crippen molar-refractivity contribution in [2.24, 2.45) is 5.73 Å². The van der Waals surface area contributed by atoms with Crippen LogP contribution in [0.25, 0.3) is 10.9 Å². The lowest BCUT2D eigenvalue weighted by molar-refractivity contribution is 0.717. The van der Waals surface area contributed by atoms with Crippen LogP contribution in [0.3, 0.4) is 0 Å². The monoisotopic (exact) mass is 200 g/mol. The van der Waals surface area contributed by atoms with Crippen molar-refractivity contribution in [2.45, 2.75) is 31.7 Å². The van der Waals surface area contributed by atoms with Crippen LogP contribution in [0.15, 0.2) is 24.3 Å². The molecular formula is C13H16N2. The van der Waals surface area contributed by atoms with Crippen LogP contribution in [0, 0.1) is 0 Å². The predicted molar refractivity (Wildman–Crippen MR) is 62.8 cm³/mol. The van der Waals surface area contributed by atoms with Crippen LogP contribution >= 0.6 is 0 Å². The molecule has 2 heteroatoms. The summed E-state index contributed by atoms with van der Waals surface area (Å²) < 4.78 is 0. The number of nitrogens with one attached hydrogen (secondary N) is 1. The number of aromatic amines is 1. The van der Waals surface area contributed by atoms with E-state index in [2.05, 4.69) is 36.2 Å². The third-order valence-electron chi connectivity index (χ3n) is 3.46. The molecule has 0 amide bonds. The summed E-state index contributed by atoms with van der Waals surface area (Å²) in [5.41, 5.74) is 9.97. The highest BCUT2D eigenvalue weighted by molar-refractivity contribution is 5.84. The van der Waals surface area contributed by atoms with Gasteiger partial charge in [0.25, 0.3) is 0 Å². The number of benzene rings is 1. The first kappa shape index (κ1) is 8.98. The van der Waals surface area contributed by atoms with E-state index in [4.69, 9.17) is 5.73 Å². The maximum absolute atomic E-state index is 6.19. The summed E-state index contributed by atoms with van der Waals surface area (Å²) in [5, 5.41) is 1.34. The molecule has 1 aromatic heterocycles. The molecule has 0 bridgehead atoms. The quantitative estimate of drug-likeness (QED) is 0.769. The van der Waals surface area contributed by atoms with Gasteiger partial charge in [0.1, 0.15) is 0 Å². The van der Waals surface area contributed by atoms with Gasteiger partial charge in [-0.3, -0.25) is 0 Å². The number of hydrogen-bond donors (Lipinski definition) is 2. The molecule has 1 heterocycles. The lowest BCUT2D eigenvalue weighted by atomic mass is 10.1. The number of aromatic nitrogens is 1. The lowest BCUT2D eigenvalue weighted by Gasteiger charge is -2.03. The van der Waals surface area contributed by atoms with Gasteiger partial charge in [0.2, 0.25) is 0 Å². The topological polar surface area (TPSA) is 41.8 Å². The van der Waals surface area contributed by atoms with Crippen molar-refractivity contribution in [3.63, 3.8) is 0 Å². The van der Waals surface area contributed by atoms with Crippen LogP contribution in [-0.4, -0.2) is 4.98 Å². The minimum atomic E-state index is -0.0516. The maximum Gasteiger partial charge on any atom is 0.0563 e. The molecule has 0 radical (unpaired) electrons. The highest BCUT2D eigenvalue weighted by atomic mass is 14.9. The van der Waals surface area contributed by atoms with Gasteiger partial charge < -0.3 is 10.7 Å². The van der Waals surface area contributed by atoms with Gasteiger partial charge in [0.05, 0.1) is 5.54 Å². The Morgan fingerprint density at radius 2 is 2.20 bits per heavy atom. The highest BCUT2D eigenvalue weighted by Gasteiger charge is 2.41. The lowest BCUT2D eigenvalue weighted by Crippen LogP contribution is -2.18. The van der Waals surface area contributed by atoms with Gasteiger partial charge in [0, 0.05) is 16.6 Å². The summed E-state index contributed by atoms with van der Waals surface area (Å²) in [6.45, 7) is 2.19. The minimum Gasteiger partial charge on any atom is -0.357 e. The first-order chi connectivity index (χ1) is 7.23. The van der Waals surface area contributed by atoms with Gasteiger partial charge in [-0.25, -0.2) is 0 Å². The van der Waals surface area contributed by atoms with Crippen molar-refractivity contribution in [1.29, 1.82) is 0 Å². The Morgan fingerprint density at radius 1 is 1.40 bits per heavy atom. The van der Waals surface area contributed by atoms with Crippen molar-refractivity contribution in [3.8, 4) is 0 Å². The Kier molecular flexibility index (Phi) is 1.71. The van der Waals surface area contributed by atoms with Gasteiger partial charge >= 0.3 is 0 Å². The molecule has 3 N–H and O–H groups in total. The standard InChI is InChI=1S/C13H16N2/c1-2-9-4-3-5-11-10(9)8-12(15-11)13(14)6-7-13/h3-5,8,15H,2,6-7,14H2,1H3. The zero-order valence-electron chi connectivity index (χ0n) is 9.01. The molecular weight excluding hydrogens is 184 g/mol. The van der Waals surface area contributed by atoms with Crippen LogP contribution in [0.2, 0.25) is 0 Å². The molecule has 15 heavy (non-hydrogen) atoms. The number of fused-ring (bicyclic) bond motifs is 1. The molecule has 0 unspecified atom stereocenters. The third kappa shape index (κ3) is 1.29. The number of hydrogen-bond acceptors (Lipinski definition) is 1. The van der Waals surface area contributed by atoms with Crippen LogP contribution < -0.4 is 5.73 Å². The van der Waals surface area contributed by atoms with Crippen LogP contribution in [0.1, 0.15) is 31.0 Å². The smallest absolute Gasteiger partial charge is 0.0563 e. The summed E-state index contributed by atoms with van der Waals surface area (Å²) in [6, 6.07) is 8.67. The average Bonchev–Trinajstić information content (AvgIpc) is 2.84. The molecule has 78 valence electrons. The maximum atomic E-state index is 6.19. The van der Waals surface area contributed by atoms with E-state index in [0.717, 1.165) is 19.3 Å². The Bertz CT molecular complexity index is 506. The molecule has 1 aromatic carbocycles. The molecule has 1 aliphatic rings. The average molecular weight is 200 g/mol. The molecule has 3 rings (SSSR count). The first-order valence-corrected chi connectivity index (χ1v) is 5.63. The number of rotatable bonds is 2. The van der Waals surface area contributed by atoms with Crippen molar-refractivity contribution in [2.75, 3.05) is 0 Å². The number of nitrogens with two attached hydrogens (primary N) is 1. The first-order valence-electron chi connectivity index (χ1n) is 5.63. The van der Waals surface area contributed by atoms with E-state index in [1.165, 1.54) is 22.2 Å². The van der Waals surface area contributed by atoms with E-state index in [-0.39, 0.29) is 5.54 Å². The fourth-order valence-corrected chi connectivity index (χ4v) is 2.20. The molecule has 2 nitrogen and oxygen atoms in total. The van der Waals surface area contributed by atoms with Crippen LogP contribution in [0.4, 0.5) is 0 Å². The van der Waals surface area contributed by atoms with Gasteiger partial charge in [-0.15, -0.1) is 0 Å². The second-order valence-electron chi connectivity index (χ2n) is 4.57. The Balaban J connectivity index is 2.21. The van der Waals surface area contributed by atoms with Crippen molar-refractivity contribution < 1.29 is 0 Å². The third-order valence-corrected chi connectivity index (χ3v) is 3.46. The molecule has 0 saturated heterocycles. The van der Waals surface area contributed by atoms with E-state index in [9.17, 15) is 0 Å². The van der Waals surface area contributed by atoms with Crippen molar-refractivity contribution in [3.05, 3.63) is 35.5 Å². The number of H-pyrrole nitrogens is 1. The van der Waals surface area contributed by atoms with Gasteiger partial charge in [-0.05, 0) is 37.0 Å². The second-order valence-corrected chi connectivity index (χ2v) is 4.57. The fourth-order valence-electron chi connectivity index (χ4n) is 2.20. The minimum absolute atomic E-state index is 0.0516. The number of aryl methyl sites for hydroxylation is 1. The second kappa shape index (κ2) is 2.86. The Labute approximate surface area is 89.5 Å². The predicted octanol–water partition coefficient (Wildman–Crippen LogP) is 2.68. The molecule has 1 fully saturated rings. The summed E-state index contributed by atoms with van der Waals surface area (Å²) >= 11 is 0. The Hall–Kier alpha value is -1.28. The van der Waals surface area contributed by atoms with E-state index in [0.29, 0.717) is 0 Å². The van der Waals surface area contributed by atoms with E-state index >= 15 is 0 Å². The van der Waals surface area contributed by atoms with Crippen LogP contribution in [-0.2, 0) is 12.0 Å². The Morgan fingerprint density at radius 3 is 2.87 bits per heavy atom. The van der Waals surface area contributed by atoms with E-state index in [1.807, 2.05) is 0 Å². The molecule has 0 atom stereocenters. The van der Waals surface area contributed by atoms with Gasteiger partial charge in [-0.1, -0.05) is 19.1 Å². The molecule has 1 saturated carbocycles. The van der Waals surface area contributed by atoms with Crippen molar-refractivity contribution in [1.82, 2.24) is 4.98 Å². The summed E-state index contributed by atoms with van der Waals surface area (Å²) in [4.78, 5) is 3.45. The van der Waals surface area contributed by atoms with E-state index < -0.39 is 0 Å². The molecule has 0 spiro atoms. The fraction of sp³-hybridized carbons (Fsp3) is 0.385. The molecule has 0 aliphatic heterocycles. The zero-order valence-corrected chi connectivity index (χ0v) is 9.01.